The van der Waals surface area contributed by atoms with Crippen molar-refractivity contribution in [2.24, 2.45) is 0 Å². The lowest BCUT2D eigenvalue weighted by Crippen LogP contribution is -1.90. The van der Waals surface area contributed by atoms with Crippen molar-refractivity contribution in [3.63, 3.8) is 0 Å². The van der Waals surface area contributed by atoms with Gasteiger partial charge in [0.25, 0.3) is 0 Å². The normalized spacial score (nSPS) is 9.11. The van der Waals surface area contributed by atoms with E-state index < -0.39 is 0 Å². The summed E-state index contributed by atoms with van der Waals surface area (Å²) in [6.07, 6.45) is 1.60. The van der Waals surface area contributed by atoms with Gasteiger partial charge in [-0.05, 0) is 12.1 Å². The van der Waals surface area contributed by atoms with E-state index in [1.165, 1.54) is 0 Å². The highest BCUT2D eigenvalue weighted by Gasteiger charge is 1.92. The summed E-state index contributed by atoms with van der Waals surface area (Å²) in [5, 5.41) is 8.87. The molecule has 0 amide bonds. The lowest BCUT2D eigenvalue weighted by Gasteiger charge is -1.97. The highest BCUT2D eigenvalue weighted by molar-refractivity contribution is 7.80. The van der Waals surface area contributed by atoms with E-state index in [-0.39, 0.29) is 0 Å². The quantitative estimate of drug-likeness (QED) is 0.407. The lowest BCUT2D eigenvalue weighted by molar-refractivity contribution is 0.386. The topological polar surface area (TPSA) is 45.1 Å². The Bertz CT molecular complexity index is 204. The third kappa shape index (κ3) is 1.34. The number of nitrogens with one attached hydrogen (secondary N) is 1. The maximum Gasteiger partial charge on any atom is 0.118 e. The van der Waals surface area contributed by atoms with Crippen LogP contribution in [0.5, 0.6) is 0 Å². The minimum absolute atomic E-state index is 0.486. The SMILES string of the molecule is ONc1cccnc1S. The van der Waals surface area contributed by atoms with Crippen LogP contribution in [0.2, 0.25) is 0 Å². The molecular formula is C5H6N2OS. The van der Waals surface area contributed by atoms with Gasteiger partial charge in [0.15, 0.2) is 0 Å². The van der Waals surface area contributed by atoms with Gasteiger partial charge in [-0.1, -0.05) is 0 Å². The largest absolute Gasteiger partial charge is 0.291 e. The van der Waals surface area contributed by atoms with E-state index in [4.69, 9.17) is 5.21 Å². The molecule has 1 aromatic heterocycles. The van der Waals surface area contributed by atoms with Crippen molar-refractivity contribution in [1.29, 1.82) is 0 Å². The second-order valence-electron chi connectivity index (χ2n) is 1.49. The van der Waals surface area contributed by atoms with Crippen molar-refractivity contribution in [2.45, 2.75) is 5.03 Å². The molecule has 0 aromatic carbocycles. The molecule has 3 nitrogen and oxygen atoms in total. The van der Waals surface area contributed by atoms with Crippen LogP contribution in [0.25, 0.3) is 0 Å². The summed E-state index contributed by atoms with van der Waals surface area (Å²) in [4.78, 5) is 3.79. The van der Waals surface area contributed by atoms with Crippen molar-refractivity contribution in [1.82, 2.24) is 4.98 Å². The van der Waals surface area contributed by atoms with Crippen LogP contribution in [-0.4, -0.2) is 10.2 Å². The molecule has 0 atom stereocenters. The van der Waals surface area contributed by atoms with Crippen LogP contribution in [0, 0.1) is 0 Å². The van der Waals surface area contributed by atoms with Crippen molar-refractivity contribution in [3.05, 3.63) is 18.3 Å². The van der Waals surface area contributed by atoms with Gasteiger partial charge in [0, 0.05) is 6.20 Å². The van der Waals surface area contributed by atoms with Crippen LogP contribution >= 0.6 is 12.6 Å². The zero-order valence-corrected chi connectivity index (χ0v) is 5.47. The predicted octanol–water partition coefficient (Wildman–Crippen LogP) is 1.17. The number of aromatic nitrogens is 1. The molecule has 0 saturated heterocycles. The Hall–Kier alpha value is -0.740. The van der Waals surface area contributed by atoms with E-state index in [0.717, 1.165) is 0 Å². The fourth-order valence-electron chi connectivity index (χ4n) is 0.484. The Morgan fingerprint density at radius 2 is 2.44 bits per heavy atom. The van der Waals surface area contributed by atoms with E-state index in [9.17, 15) is 0 Å². The van der Waals surface area contributed by atoms with Crippen LogP contribution in [0.4, 0.5) is 5.69 Å². The number of pyridine rings is 1. The van der Waals surface area contributed by atoms with Crippen molar-refractivity contribution < 1.29 is 5.21 Å². The summed E-state index contributed by atoms with van der Waals surface area (Å²) in [7, 11) is 0. The van der Waals surface area contributed by atoms with Gasteiger partial charge < -0.3 is 0 Å². The average Bonchev–Trinajstić information content (AvgIpc) is 1.89. The molecule has 1 rings (SSSR count). The summed E-state index contributed by atoms with van der Waals surface area (Å²) in [6.45, 7) is 0. The third-order valence-corrected chi connectivity index (χ3v) is 1.26. The molecule has 48 valence electrons. The highest BCUT2D eigenvalue weighted by Crippen LogP contribution is 2.13. The van der Waals surface area contributed by atoms with Crippen LogP contribution in [0.3, 0.4) is 0 Å². The first kappa shape index (κ1) is 6.38. The van der Waals surface area contributed by atoms with Gasteiger partial charge in [0.1, 0.15) is 5.03 Å². The van der Waals surface area contributed by atoms with E-state index in [0.29, 0.717) is 10.7 Å². The van der Waals surface area contributed by atoms with Gasteiger partial charge in [-0.15, -0.1) is 12.6 Å². The number of thiol groups is 1. The Morgan fingerprint density at radius 3 is 2.89 bits per heavy atom. The fourth-order valence-corrected chi connectivity index (χ4v) is 0.675. The van der Waals surface area contributed by atoms with Gasteiger partial charge in [0.2, 0.25) is 0 Å². The molecule has 4 heteroatoms. The first-order valence-corrected chi connectivity index (χ1v) is 2.83. The molecule has 0 bridgehead atoms. The third-order valence-electron chi connectivity index (χ3n) is 0.907. The molecule has 9 heavy (non-hydrogen) atoms. The zero-order chi connectivity index (χ0) is 6.69. The molecule has 0 aliphatic carbocycles. The van der Waals surface area contributed by atoms with Crippen molar-refractivity contribution >= 4 is 18.3 Å². The molecule has 0 spiro atoms. The Morgan fingerprint density at radius 1 is 1.67 bits per heavy atom. The molecule has 0 aliphatic heterocycles. The van der Waals surface area contributed by atoms with E-state index >= 15 is 0 Å². The lowest BCUT2D eigenvalue weighted by atomic mass is 10.4. The Kier molecular flexibility index (Phi) is 1.92. The fraction of sp³-hybridized carbons (Fsp3) is 0. The Labute approximate surface area is 58.1 Å². The van der Waals surface area contributed by atoms with Gasteiger partial charge in [0.05, 0.1) is 5.69 Å². The van der Waals surface area contributed by atoms with Gasteiger partial charge in [-0.25, -0.2) is 4.98 Å². The molecule has 0 aliphatic rings. The number of nitrogens with zero attached hydrogens (tertiary/aromatic N) is 1. The first-order valence-electron chi connectivity index (χ1n) is 2.38. The number of hydrogen-bond donors (Lipinski definition) is 3. The maximum absolute atomic E-state index is 8.38. The average molecular weight is 142 g/mol. The highest BCUT2D eigenvalue weighted by atomic mass is 32.1. The molecule has 0 unspecified atom stereocenters. The zero-order valence-electron chi connectivity index (χ0n) is 4.57. The second kappa shape index (κ2) is 2.70. The summed E-state index contributed by atoms with van der Waals surface area (Å²) in [6, 6.07) is 3.38. The number of rotatable bonds is 1. The van der Waals surface area contributed by atoms with Crippen LogP contribution in [-0.2, 0) is 0 Å². The molecule has 0 radical (unpaired) electrons. The minimum Gasteiger partial charge on any atom is -0.291 e. The van der Waals surface area contributed by atoms with E-state index in [1.807, 2.05) is 5.48 Å². The standard InChI is InChI=1S/C5H6N2OS/c8-7-4-2-1-3-6-5(4)9/h1-3,7-8H,(H,6,9). The van der Waals surface area contributed by atoms with E-state index in [2.05, 4.69) is 17.6 Å². The second-order valence-corrected chi connectivity index (χ2v) is 1.91. The predicted molar refractivity (Wildman–Crippen MR) is 36.9 cm³/mol. The maximum atomic E-state index is 8.38. The molecule has 0 saturated carbocycles. The van der Waals surface area contributed by atoms with Gasteiger partial charge in [-0.2, -0.15) is 0 Å². The number of hydrogen-bond acceptors (Lipinski definition) is 4. The Balaban J connectivity index is 3.01. The van der Waals surface area contributed by atoms with Crippen molar-refractivity contribution in [2.75, 3.05) is 5.48 Å². The molecule has 1 aromatic rings. The molecule has 1 heterocycles. The first-order chi connectivity index (χ1) is 4.34. The molecule has 2 N–H and O–H groups in total. The molecule has 0 fully saturated rings. The van der Waals surface area contributed by atoms with Crippen LogP contribution in [0.15, 0.2) is 23.4 Å². The van der Waals surface area contributed by atoms with Crippen LogP contribution < -0.4 is 5.48 Å². The summed E-state index contributed by atoms with van der Waals surface area (Å²) >= 11 is 3.94. The monoisotopic (exact) mass is 142 g/mol. The van der Waals surface area contributed by atoms with Crippen molar-refractivity contribution in [3.8, 4) is 0 Å². The smallest absolute Gasteiger partial charge is 0.118 e. The summed E-state index contributed by atoms with van der Waals surface area (Å²) < 4.78 is 0. The minimum atomic E-state index is 0.486. The van der Waals surface area contributed by atoms with Gasteiger partial charge >= 0.3 is 0 Å². The molecular weight excluding hydrogens is 136 g/mol. The van der Waals surface area contributed by atoms with Gasteiger partial charge in [-0.3, -0.25) is 10.7 Å². The number of anilines is 1. The van der Waals surface area contributed by atoms with Crippen LogP contribution in [0.1, 0.15) is 0 Å². The van der Waals surface area contributed by atoms with E-state index in [1.54, 1.807) is 18.3 Å². The summed E-state index contributed by atoms with van der Waals surface area (Å²) in [5.74, 6) is 0. The summed E-state index contributed by atoms with van der Waals surface area (Å²) in [5.41, 5.74) is 2.47.